The summed E-state index contributed by atoms with van der Waals surface area (Å²) in [6, 6.07) is 0. The van der Waals surface area contributed by atoms with Crippen LogP contribution in [0.15, 0.2) is 0 Å². The van der Waals surface area contributed by atoms with Crippen LogP contribution >= 0.6 is 0 Å². The molecule has 0 aromatic rings. The molecule has 0 aliphatic heterocycles. The molecule has 4 nitrogen and oxygen atoms in total. The van der Waals surface area contributed by atoms with Gasteiger partial charge in [-0.25, -0.2) is 0 Å². The van der Waals surface area contributed by atoms with Gasteiger partial charge >= 0.3 is 0 Å². The Bertz CT molecular complexity index is 278. The van der Waals surface area contributed by atoms with Gasteiger partial charge in [0.2, 0.25) is 5.91 Å². The second kappa shape index (κ2) is 4.94. The van der Waals surface area contributed by atoms with Gasteiger partial charge in [-0.3, -0.25) is 4.79 Å². The average molecular weight is 240 g/mol. The van der Waals surface area contributed by atoms with Crippen LogP contribution in [0.4, 0.5) is 0 Å². The maximum absolute atomic E-state index is 12.1. The van der Waals surface area contributed by atoms with E-state index in [4.69, 9.17) is 5.73 Å². The zero-order chi connectivity index (χ0) is 12.5. The quantitative estimate of drug-likeness (QED) is 0.744. The Labute approximate surface area is 103 Å². The lowest BCUT2D eigenvalue weighted by atomic mass is 9.66. The van der Waals surface area contributed by atoms with Gasteiger partial charge in [-0.1, -0.05) is 6.42 Å². The first kappa shape index (κ1) is 12.8. The first-order chi connectivity index (χ1) is 8.04. The van der Waals surface area contributed by atoms with Gasteiger partial charge in [-0.05, 0) is 43.6 Å². The topological polar surface area (TPSA) is 66.6 Å². The number of rotatable bonds is 5. The molecule has 4 heteroatoms. The number of nitrogens with two attached hydrogens (primary N) is 1. The third-order valence-corrected chi connectivity index (χ3v) is 4.54. The van der Waals surface area contributed by atoms with E-state index < -0.39 is 0 Å². The predicted molar refractivity (Wildman–Crippen MR) is 66.3 cm³/mol. The number of hydrogen-bond acceptors (Lipinski definition) is 3. The van der Waals surface area contributed by atoms with E-state index in [-0.39, 0.29) is 17.4 Å². The van der Waals surface area contributed by atoms with Gasteiger partial charge in [0.15, 0.2) is 0 Å². The Morgan fingerprint density at radius 2 is 2.12 bits per heavy atom. The summed E-state index contributed by atoms with van der Waals surface area (Å²) < 4.78 is 0. The van der Waals surface area contributed by atoms with Crippen LogP contribution in [0.2, 0.25) is 0 Å². The van der Waals surface area contributed by atoms with Crippen molar-refractivity contribution in [3.8, 4) is 0 Å². The highest BCUT2D eigenvalue weighted by Gasteiger charge is 2.38. The van der Waals surface area contributed by atoms with Crippen molar-refractivity contribution < 1.29 is 9.90 Å². The van der Waals surface area contributed by atoms with Gasteiger partial charge in [-0.2, -0.15) is 0 Å². The Morgan fingerprint density at radius 1 is 1.47 bits per heavy atom. The largest absolute Gasteiger partial charge is 0.393 e. The fourth-order valence-electron chi connectivity index (χ4n) is 2.92. The molecule has 0 radical (unpaired) electrons. The van der Waals surface area contributed by atoms with Crippen LogP contribution in [0.5, 0.6) is 0 Å². The van der Waals surface area contributed by atoms with Crippen molar-refractivity contribution in [2.24, 2.45) is 17.1 Å². The number of carbonyl (C=O) groups excluding carboxylic acids is 1. The molecular formula is C13H24N2O2. The van der Waals surface area contributed by atoms with E-state index in [9.17, 15) is 9.90 Å². The van der Waals surface area contributed by atoms with Crippen LogP contribution in [0, 0.1) is 11.3 Å². The van der Waals surface area contributed by atoms with Crippen LogP contribution in [0.25, 0.3) is 0 Å². The van der Waals surface area contributed by atoms with Crippen molar-refractivity contribution in [1.82, 2.24) is 4.90 Å². The minimum atomic E-state index is -0.134. The van der Waals surface area contributed by atoms with Gasteiger partial charge in [0.25, 0.3) is 0 Å². The normalized spacial score (nSPS) is 30.3. The standard InChI is InChI=1S/C13H24N2O2/c1-15(8-10-5-11(16)6-10)12(17)7-13(9-14)3-2-4-13/h10-11,16H,2-9,14H2,1H3. The van der Waals surface area contributed by atoms with Crippen LogP contribution in [-0.4, -0.2) is 42.2 Å². The molecule has 1 amide bonds. The number of hydrogen-bond donors (Lipinski definition) is 2. The van der Waals surface area contributed by atoms with Crippen molar-refractivity contribution >= 4 is 5.91 Å². The molecule has 0 aromatic carbocycles. The van der Waals surface area contributed by atoms with Gasteiger partial charge in [0, 0.05) is 20.0 Å². The molecule has 0 spiro atoms. The van der Waals surface area contributed by atoms with E-state index >= 15 is 0 Å². The second-order valence-electron chi connectivity index (χ2n) is 6.00. The lowest BCUT2D eigenvalue weighted by Gasteiger charge is -2.42. The third kappa shape index (κ3) is 2.80. The minimum Gasteiger partial charge on any atom is -0.393 e. The summed E-state index contributed by atoms with van der Waals surface area (Å²) >= 11 is 0. The highest BCUT2D eigenvalue weighted by atomic mass is 16.3. The van der Waals surface area contributed by atoms with Crippen molar-refractivity contribution in [3.63, 3.8) is 0 Å². The maximum Gasteiger partial charge on any atom is 0.222 e. The molecule has 0 atom stereocenters. The maximum atomic E-state index is 12.1. The minimum absolute atomic E-state index is 0.102. The number of aliphatic hydroxyl groups is 1. The monoisotopic (exact) mass is 240 g/mol. The van der Waals surface area contributed by atoms with E-state index in [1.165, 1.54) is 6.42 Å². The van der Waals surface area contributed by atoms with E-state index in [2.05, 4.69) is 0 Å². The summed E-state index contributed by atoms with van der Waals surface area (Å²) in [7, 11) is 1.87. The lowest BCUT2D eigenvalue weighted by molar-refractivity contribution is -0.135. The summed E-state index contributed by atoms with van der Waals surface area (Å²) in [5.74, 6) is 0.714. The first-order valence-electron chi connectivity index (χ1n) is 6.67. The van der Waals surface area contributed by atoms with Crippen LogP contribution in [0.1, 0.15) is 38.5 Å². The fraction of sp³-hybridized carbons (Fsp3) is 0.923. The molecule has 0 saturated heterocycles. The van der Waals surface area contributed by atoms with Gasteiger partial charge in [0.05, 0.1) is 6.10 Å². The average Bonchev–Trinajstić information content (AvgIpc) is 2.20. The Morgan fingerprint density at radius 3 is 2.53 bits per heavy atom. The summed E-state index contributed by atoms with van der Waals surface area (Å²) in [6.45, 7) is 1.42. The molecule has 2 aliphatic carbocycles. The van der Waals surface area contributed by atoms with Crippen LogP contribution < -0.4 is 5.73 Å². The molecule has 17 heavy (non-hydrogen) atoms. The molecule has 98 valence electrons. The predicted octanol–water partition coefficient (Wildman–Crippen LogP) is 0.735. The molecule has 2 saturated carbocycles. The van der Waals surface area contributed by atoms with Gasteiger partial charge in [-0.15, -0.1) is 0 Å². The Kier molecular flexibility index (Phi) is 3.73. The Balaban J connectivity index is 1.75. The third-order valence-electron chi connectivity index (χ3n) is 4.54. The van der Waals surface area contributed by atoms with E-state index in [1.54, 1.807) is 0 Å². The number of amides is 1. The molecule has 3 N–H and O–H groups in total. The molecule has 0 bridgehead atoms. The highest BCUT2D eigenvalue weighted by Crippen LogP contribution is 2.43. The van der Waals surface area contributed by atoms with Crippen LogP contribution in [0.3, 0.4) is 0 Å². The van der Waals surface area contributed by atoms with E-state index in [0.717, 1.165) is 32.2 Å². The van der Waals surface area contributed by atoms with Crippen molar-refractivity contribution in [2.75, 3.05) is 20.1 Å². The molecule has 2 aliphatic rings. The molecule has 0 unspecified atom stereocenters. The molecular weight excluding hydrogens is 216 g/mol. The molecule has 2 rings (SSSR count). The summed E-state index contributed by atoms with van der Waals surface area (Å²) in [6.07, 6.45) is 5.58. The van der Waals surface area contributed by atoms with Gasteiger partial charge < -0.3 is 15.7 Å². The summed E-state index contributed by atoms with van der Waals surface area (Å²) in [5.41, 5.74) is 5.87. The van der Waals surface area contributed by atoms with Gasteiger partial charge in [0.1, 0.15) is 0 Å². The summed E-state index contributed by atoms with van der Waals surface area (Å²) in [4.78, 5) is 13.9. The number of nitrogens with zero attached hydrogens (tertiary/aromatic N) is 1. The Hall–Kier alpha value is -0.610. The lowest BCUT2D eigenvalue weighted by Crippen LogP contribution is -2.44. The van der Waals surface area contributed by atoms with Crippen molar-refractivity contribution in [1.29, 1.82) is 0 Å². The molecule has 0 aromatic heterocycles. The van der Waals surface area contributed by atoms with E-state index in [0.29, 0.717) is 18.9 Å². The second-order valence-corrected chi connectivity index (χ2v) is 6.00. The SMILES string of the molecule is CN(CC1CC(O)C1)C(=O)CC1(CN)CCC1. The summed E-state index contributed by atoms with van der Waals surface area (Å²) in [5, 5.41) is 9.22. The van der Waals surface area contributed by atoms with Crippen LogP contribution in [-0.2, 0) is 4.79 Å². The zero-order valence-electron chi connectivity index (χ0n) is 10.7. The molecule has 2 fully saturated rings. The van der Waals surface area contributed by atoms with Crippen molar-refractivity contribution in [2.45, 2.75) is 44.6 Å². The fourth-order valence-corrected chi connectivity index (χ4v) is 2.92. The number of carbonyl (C=O) groups is 1. The smallest absolute Gasteiger partial charge is 0.222 e. The number of aliphatic hydroxyl groups excluding tert-OH is 1. The van der Waals surface area contributed by atoms with Crippen molar-refractivity contribution in [3.05, 3.63) is 0 Å². The van der Waals surface area contributed by atoms with E-state index in [1.807, 2.05) is 11.9 Å². The molecule has 0 heterocycles. The zero-order valence-corrected chi connectivity index (χ0v) is 10.7. The first-order valence-corrected chi connectivity index (χ1v) is 6.67. The highest BCUT2D eigenvalue weighted by molar-refractivity contribution is 5.76.